The molecule has 0 bridgehead atoms. The Labute approximate surface area is 153 Å². The van der Waals surface area contributed by atoms with Crippen LogP contribution >= 0.6 is 11.8 Å². The molecule has 5 nitrogen and oxygen atoms in total. The van der Waals surface area contributed by atoms with E-state index < -0.39 is 0 Å². The van der Waals surface area contributed by atoms with Gasteiger partial charge in [0.1, 0.15) is 5.82 Å². The lowest BCUT2D eigenvalue weighted by Crippen LogP contribution is -2.38. The summed E-state index contributed by atoms with van der Waals surface area (Å²) in [5.74, 6) is 1.42. The molecule has 2 aromatic rings. The number of amides is 1. The van der Waals surface area contributed by atoms with Crippen LogP contribution in [0.4, 0.5) is 0 Å². The van der Waals surface area contributed by atoms with Crippen molar-refractivity contribution >= 4 is 17.7 Å². The number of benzene rings is 1. The van der Waals surface area contributed by atoms with Crippen molar-refractivity contribution in [1.82, 2.24) is 19.7 Å². The highest BCUT2D eigenvalue weighted by Gasteiger charge is 2.26. The third-order valence-electron chi connectivity index (χ3n) is 4.67. The maximum Gasteiger partial charge on any atom is 0.292 e. The van der Waals surface area contributed by atoms with Gasteiger partial charge in [-0.15, -0.1) is 22.0 Å². The molecule has 6 heteroatoms. The average molecular weight is 359 g/mol. The highest BCUT2D eigenvalue weighted by atomic mass is 32.2. The molecule has 1 amide bonds. The van der Waals surface area contributed by atoms with Crippen LogP contribution in [-0.4, -0.2) is 37.9 Å². The van der Waals surface area contributed by atoms with Crippen LogP contribution in [0, 0.1) is 0 Å². The molecule has 0 N–H and O–H groups in total. The Hall–Kier alpha value is -1.82. The van der Waals surface area contributed by atoms with E-state index in [1.165, 1.54) is 11.3 Å². The van der Waals surface area contributed by atoms with Crippen molar-refractivity contribution in [2.75, 3.05) is 6.26 Å². The Balaban J connectivity index is 1.85. The van der Waals surface area contributed by atoms with Crippen molar-refractivity contribution in [1.29, 1.82) is 0 Å². The first-order valence-corrected chi connectivity index (χ1v) is 10.2. The quantitative estimate of drug-likeness (QED) is 0.763. The van der Waals surface area contributed by atoms with E-state index in [1.54, 1.807) is 11.8 Å². The van der Waals surface area contributed by atoms with Gasteiger partial charge in [0.15, 0.2) is 0 Å². The number of aryl methyl sites for hydroxylation is 1. The fourth-order valence-electron chi connectivity index (χ4n) is 3.23. The van der Waals surface area contributed by atoms with Crippen molar-refractivity contribution in [2.24, 2.45) is 0 Å². The fraction of sp³-hybridized carbons (Fsp3) is 0.526. The number of nitrogens with zero attached hydrogens (tertiary/aromatic N) is 4. The van der Waals surface area contributed by atoms with Crippen LogP contribution in [0.3, 0.4) is 0 Å². The molecular formula is C19H26N4OS. The molecule has 0 spiro atoms. The Bertz CT molecular complexity index is 741. The average Bonchev–Trinajstić information content (AvgIpc) is 2.87. The van der Waals surface area contributed by atoms with Crippen molar-refractivity contribution in [3.05, 3.63) is 41.5 Å². The van der Waals surface area contributed by atoms with Gasteiger partial charge in [-0.1, -0.05) is 18.6 Å². The molecule has 1 aromatic carbocycles. The number of hydrogen-bond donors (Lipinski definition) is 0. The minimum absolute atomic E-state index is 0.0230. The van der Waals surface area contributed by atoms with E-state index in [1.807, 2.05) is 15.5 Å². The van der Waals surface area contributed by atoms with Gasteiger partial charge in [-0.25, -0.2) is 0 Å². The zero-order valence-electron chi connectivity index (χ0n) is 15.2. The first kappa shape index (κ1) is 18.0. The summed E-state index contributed by atoms with van der Waals surface area (Å²) in [5.41, 5.74) is 1.14. The standard InChI is InChI=1S/C19H26N4OS/c1-14(2)23(13-15-8-7-9-16(12-15)25-3)19(24)18-21-20-17-10-5-4-6-11-22(17)18/h7-9,12,14H,4-6,10-11,13H2,1-3H3. The summed E-state index contributed by atoms with van der Waals surface area (Å²) in [4.78, 5) is 16.3. The minimum atomic E-state index is -0.0230. The number of fused-ring (bicyclic) bond motifs is 1. The van der Waals surface area contributed by atoms with Gasteiger partial charge in [-0.2, -0.15) is 0 Å². The summed E-state index contributed by atoms with van der Waals surface area (Å²) in [6, 6.07) is 8.47. The second kappa shape index (κ2) is 8.04. The summed E-state index contributed by atoms with van der Waals surface area (Å²) >= 11 is 1.72. The first-order valence-electron chi connectivity index (χ1n) is 8.96. The zero-order valence-corrected chi connectivity index (χ0v) is 16.1. The van der Waals surface area contributed by atoms with Crippen LogP contribution in [0.1, 0.15) is 55.1 Å². The SMILES string of the molecule is CSc1cccc(CN(C(=O)c2nnc3n2CCCCC3)C(C)C)c1. The van der Waals surface area contributed by atoms with E-state index in [4.69, 9.17) is 0 Å². The van der Waals surface area contributed by atoms with Gasteiger partial charge >= 0.3 is 0 Å². The zero-order chi connectivity index (χ0) is 17.8. The molecule has 0 fully saturated rings. The third kappa shape index (κ3) is 4.06. The molecule has 0 unspecified atom stereocenters. The molecule has 3 rings (SSSR count). The lowest BCUT2D eigenvalue weighted by Gasteiger charge is -2.26. The summed E-state index contributed by atoms with van der Waals surface area (Å²) < 4.78 is 2.03. The number of carbonyl (C=O) groups is 1. The number of rotatable bonds is 5. The monoisotopic (exact) mass is 358 g/mol. The lowest BCUT2D eigenvalue weighted by molar-refractivity contribution is 0.0671. The number of thioether (sulfide) groups is 1. The Morgan fingerprint density at radius 1 is 1.28 bits per heavy atom. The molecule has 0 atom stereocenters. The smallest absolute Gasteiger partial charge is 0.292 e. The van der Waals surface area contributed by atoms with Gasteiger partial charge in [0.05, 0.1) is 0 Å². The summed E-state index contributed by atoms with van der Waals surface area (Å²) in [6.07, 6.45) is 6.38. The van der Waals surface area contributed by atoms with E-state index in [0.29, 0.717) is 12.4 Å². The molecular weight excluding hydrogens is 332 g/mol. The van der Waals surface area contributed by atoms with Gasteiger partial charge in [0.2, 0.25) is 5.82 Å². The first-order chi connectivity index (χ1) is 12.1. The van der Waals surface area contributed by atoms with Crippen molar-refractivity contribution in [3.8, 4) is 0 Å². The number of aromatic nitrogens is 3. The van der Waals surface area contributed by atoms with E-state index in [9.17, 15) is 4.79 Å². The van der Waals surface area contributed by atoms with Gasteiger partial charge < -0.3 is 9.47 Å². The van der Waals surface area contributed by atoms with Crippen molar-refractivity contribution in [2.45, 2.75) is 63.6 Å². The Kier molecular flexibility index (Phi) is 5.78. The summed E-state index contributed by atoms with van der Waals surface area (Å²) in [5, 5.41) is 8.51. The molecule has 25 heavy (non-hydrogen) atoms. The van der Waals surface area contributed by atoms with E-state index in [2.05, 4.69) is 48.5 Å². The molecule has 0 saturated heterocycles. The second-order valence-electron chi connectivity index (χ2n) is 6.78. The van der Waals surface area contributed by atoms with Crippen LogP contribution in [-0.2, 0) is 19.5 Å². The Morgan fingerprint density at radius 3 is 2.88 bits per heavy atom. The molecule has 1 aromatic heterocycles. The lowest BCUT2D eigenvalue weighted by atomic mass is 10.2. The number of hydrogen-bond acceptors (Lipinski definition) is 4. The van der Waals surface area contributed by atoms with E-state index >= 15 is 0 Å². The number of carbonyl (C=O) groups excluding carboxylic acids is 1. The van der Waals surface area contributed by atoms with Crippen LogP contribution in [0.15, 0.2) is 29.2 Å². The summed E-state index contributed by atoms with van der Waals surface area (Å²) in [6.45, 7) is 5.54. The highest BCUT2D eigenvalue weighted by Crippen LogP contribution is 2.20. The van der Waals surface area contributed by atoms with Gasteiger partial charge in [0, 0.05) is 30.4 Å². The molecule has 2 heterocycles. The molecule has 134 valence electrons. The van der Waals surface area contributed by atoms with Crippen LogP contribution in [0.2, 0.25) is 0 Å². The van der Waals surface area contributed by atoms with Crippen LogP contribution in [0.25, 0.3) is 0 Å². The summed E-state index contributed by atoms with van der Waals surface area (Å²) in [7, 11) is 0. The van der Waals surface area contributed by atoms with Crippen molar-refractivity contribution in [3.63, 3.8) is 0 Å². The topological polar surface area (TPSA) is 51.0 Å². The molecule has 0 radical (unpaired) electrons. The highest BCUT2D eigenvalue weighted by molar-refractivity contribution is 7.98. The van der Waals surface area contributed by atoms with Gasteiger partial charge in [-0.3, -0.25) is 4.79 Å². The van der Waals surface area contributed by atoms with Crippen LogP contribution < -0.4 is 0 Å². The second-order valence-corrected chi connectivity index (χ2v) is 7.66. The molecule has 1 aliphatic rings. The van der Waals surface area contributed by atoms with E-state index in [-0.39, 0.29) is 11.9 Å². The minimum Gasteiger partial charge on any atom is -0.329 e. The predicted octanol–water partition coefficient (Wildman–Crippen LogP) is 3.78. The van der Waals surface area contributed by atoms with Crippen molar-refractivity contribution < 1.29 is 4.79 Å². The van der Waals surface area contributed by atoms with Gasteiger partial charge in [-0.05, 0) is 50.6 Å². The Morgan fingerprint density at radius 2 is 2.12 bits per heavy atom. The normalized spacial score (nSPS) is 14.2. The maximum absolute atomic E-state index is 13.2. The predicted molar refractivity (Wildman–Crippen MR) is 101 cm³/mol. The van der Waals surface area contributed by atoms with E-state index in [0.717, 1.165) is 37.2 Å². The van der Waals surface area contributed by atoms with Crippen LogP contribution in [0.5, 0.6) is 0 Å². The molecule has 0 aliphatic carbocycles. The third-order valence-corrected chi connectivity index (χ3v) is 5.40. The molecule has 0 saturated carbocycles. The maximum atomic E-state index is 13.2. The largest absolute Gasteiger partial charge is 0.329 e. The van der Waals surface area contributed by atoms with Gasteiger partial charge in [0.25, 0.3) is 5.91 Å². The molecule has 1 aliphatic heterocycles. The fourth-order valence-corrected chi connectivity index (χ4v) is 3.71.